The van der Waals surface area contributed by atoms with E-state index >= 15 is 0 Å². The van der Waals surface area contributed by atoms with Crippen LogP contribution < -0.4 is 5.32 Å². The third-order valence-corrected chi connectivity index (χ3v) is 5.77. The Morgan fingerprint density at radius 3 is 2.26 bits per heavy atom. The fraction of sp³-hybridized carbons (Fsp3) is 0.462. The maximum atomic E-state index is 12.0. The first-order chi connectivity index (χ1) is 9.08. The minimum Gasteiger partial charge on any atom is -0.377 e. The minimum absolute atomic E-state index is 0.0932. The Morgan fingerprint density at radius 1 is 1.16 bits per heavy atom. The van der Waals surface area contributed by atoms with Crippen molar-refractivity contribution in [3.8, 4) is 0 Å². The fourth-order valence-electron chi connectivity index (χ4n) is 1.81. The van der Waals surface area contributed by atoms with E-state index in [-0.39, 0.29) is 5.91 Å². The van der Waals surface area contributed by atoms with Crippen LogP contribution in [-0.2, 0) is 13.3 Å². The zero-order valence-electron chi connectivity index (χ0n) is 11.9. The number of rotatable bonds is 7. The van der Waals surface area contributed by atoms with Gasteiger partial charge in [-0.25, -0.2) is 0 Å². The SMILES string of the molecule is CO[Si](CCNC(=O)c1ccccc1C)(OC)OC. The lowest BCUT2D eigenvalue weighted by Gasteiger charge is -2.24. The molecule has 1 amide bonds. The zero-order chi connectivity index (χ0) is 14.3. The Balaban J connectivity index is 2.54. The Kier molecular flexibility index (Phi) is 6.17. The van der Waals surface area contributed by atoms with Crippen molar-refractivity contribution in [2.24, 2.45) is 0 Å². The van der Waals surface area contributed by atoms with E-state index in [0.717, 1.165) is 5.56 Å². The molecule has 1 rings (SSSR count). The monoisotopic (exact) mass is 283 g/mol. The highest BCUT2D eigenvalue weighted by molar-refractivity contribution is 6.60. The van der Waals surface area contributed by atoms with Crippen molar-refractivity contribution in [3.05, 3.63) is 35.4 Å². The molecule has 1 N–H and O–H groups in total. The average molecular weight is 283 g/mol. The molecule has 0 saturated carbocycles. The number of carbonyl (C=O) groups is 1. The summed E-state index contributed by atoms with van der Waals surface area (Å²) in [5.74, 6) is -0.0932. The Hall–Kier alpha value is -1.21. The quantitative estimate of drug-likeness (QED) is 0.772. The molecule has 0 aromatic heterocycles. The van der Waals surface area contributed by atoms with Crippen molar-refractivity contribution in [1.82, 2.24) is 5.32 Å². The molecule has 1 aromatic carbocycles. The van der Waals surface area contributed by atoms with Crippen LogP contribution in [0.25, 0.3) is 0 Å². The number of aryl methyl sites for hydroxylation is 1. The van der Waals surface area contributed by atoms with Crippen molar-refractivity contribution in [2.75, 3.05) is 27.9 Å². The van der Waals surface area contributed by atoms with Crippen LogP contribution in [0.2, 0.25) is 6.04 Å². The number of benzene rings is 1. The summed E-state index contributed by atoms with van der Waals surface area (Å²) >= 11 is 0. The third-order valence-electron chi connectivity index (χ3n) is 3.04. The smallest absolute Gasteiger partial charge is 0.377 e. The summed E-state index contributed by atoms with van der Waals surface area (Å²) in [6.07, 6.45) is 0. The van der Waals surface area contributed by atoms with Gasteiger partial charge in [0.1, 0.15) is 0 Å². The zero-order valence-corrected chi connectivity index (χ0v) is 12.9. The van der Waals surface area contributed by atoms with Gasteiger partial charge in [-0.1, -0.05) is 18.2 Å². The Bertz CT molecular complexity index is 413. The van der Waals surface area contributed by atoms with Crippen LogP contribution in [0.4, 0.5) is 0 Å². The van der Waals surface area contributed by atoms with Gasteiger partial charge in [0.25, 0.3) is 5.91 Å². The molecule has 0 heterocycles. The molecule has 0 aliphatic heterocycles. The minimum atomic E-state index is -2.61. The molecule has 19 heavy (non-hydrogen) atoms. The number of hydrogen-bond acceptors (Lipinski definition) is 4. The molecule has 0 aliphatic rings. The molecule has 6 heteroatoms. The van der Waals surface area contributed by atoms with Gasteiger partial charge >= 0.3 is 8.80 Å². The van der Waals surface area contributed by atoms with Gasteiger partial charge in [-0.2, -0.15) is 0 Å². The highest BCUT2D eigenvalue weighted by Gasteiger charge is 2.37. The molecule has 0 radical (unpaired) electrons. The predicted molar refractivity (Wildman–Crippen MR) is 75.1 cm³/mol. The summed E-state index contributed by atoms with van der Waals surface area (Å²) < 4.78 is 15.9. The van der Waals surface area contributed by atoms with Crippen LogP contribution in [-0.4, -0.2) is 42.6 Å². The van der Waals surface area contributed by atoms with E-state index in [2.05, 4.69) is 5.32 Å². The molecule has 0 aliphatic carbocycles. The molecule has 5 nitrogen and oxygen atoms in total. The van der Waals surface area contributed by atoms with Gasteiger partial charge in [-0.3, -0.25) is 4.79 Å². The second kappa shape index (κ2) is 7.39. The molecular formula is C13H21NO4Si. The van der Waals surface area contributed by atoms with Crippen LogP contribution in [0.3, 0.4) is 0 Å². The largest absolute Gasteiger partial charge is 0.501 e. The molecule has 0 fully saturated rings. The first-order valence-electron chi connectivity index (χ1n) is 6.08. The standard InChI is InChI=1S/C13H21NO4Si/c1-11-7-5-6-8-12(11)13(15)14-9-10-19(16-2,17-3)18-4/h5-8H,9-10H2,1-4H3,(H,14,15). The third kappa shape index (κ3) is 4.14. The van der Waals surface area contributed by atoms with Gasteiger partial charge in [-0.15, -0.1) is 0 Å². The van der Waals surface area contributed by atoms with E-state index in [1.54, 1.807) is 27.4 Å². The normalized spacial score (nSPS) is 11.4. The number of hydrogen-bond donors (Lipinski definition) is 1. The Morgan fingerprint density at radius 2 is 1.74 bits per heavy atom. The van der Waals surface area contributed by atoms with Crippen molar-refractivity contribution in [1.29, 1.82) is 0 Å². The van der Waals surface area contributed by atoms with Crippen LogP contribution in [0.1, 0.15) is 15.9 Å². The maximum Gasteiger partial charge on any atom is 0.501 e. The molecule has 0 atom stereocenters. The van der Waals surface area contributed by atoms with E-state index in [1.807, 2.05) is 25.1 Å². The molecular weight excluding hydrogens is 262 g/mol. The van der Waals surface area contributed by atoms with Gasteiger partial charge in [-0.05, 0) is 18.6 Å². The van der Waals surface area contributed by atoms with E-state index in [9.17, 15) is 4.79 Å². The first-order valence-corrected chi connectivity index (χ1v) is 8.01. The van der Waals surface area contributed by atoms with Gasteiger partial charge < -0.3 is 18.6 Å². The summed E-state index contributed by atoms with van der Waals surface area (Å²) in [5.41, 5.74) is 1.63. The lowest BCUT2D eigenvalue weighted by Crippen LogP contribution is -2.45. The van der Waals surface area contributed by atoms with E-state index < -0.39 is 8.80 Å². The topological polar surface area (TPSA) is 56.8 Å². The number of amides is 1. The highest BCUT2D eigenvalue weighted by atomic mass is 28.4. The van der Waals surface area contributed by atoms with E-state index in [1.165, 1.54) is 0 Å². The summed E-state index contributed by atoms with van der Waals surface area (Å²) in [6, 6.07) is 8.01. The molecule has 0 bridgehead atoms. The highest BCUT2D eigenvalue weighted by Crippen LogP contribution is 2.12. The van der Waals surface area contributed by atoms with Crippen molar-refractivity contribution in [3.63, 3.8) is 0 Å². The van der Waals surface area contributed by atoms with Crippen LogP contribution >= 0.6 is 0 Å². The van der Waals surface area contributed by atoms with Crippen molar-refractivity contribution < 1.29 is 18.1 Å². The van der Waals surface area contributed by atoms with Crippen LogP contribution in [0.5, 0.6) is 0 Å². The summed E-state index contributed by atoms with van der Waals surface area (Å²) in [4.78, 5) is 12.0. The second-order valence-corrected chi connectivity index (χ2v) is 7.21. The second-order valence-electron chi connectivity index (χ2n) is 4.12. The first kappa shape index (κ1) is 15.8. The van der Waals surface area contributed by atoms with Gasteiger partial charge in [0.2, 0.25) is 0 Å². The van der Waals surface area contributed by atoms with Gasteiger partial charge in [0.05, 0.1) is 0 Å². The fourth-order valence-corrected chi connectivity index (χ4v) is 3.35. The predicted octanol–water partition coefficient (Wildman–Crippen LogP) is 1.60. The molecule has 1 aromatic rings. The van der Waals surface area contributed by atoms with Gasteiger partial charge in [0, 0.05) is 39.5 Å². The Labute approximate surface area is 115 Å². The molecule has 0 saturated heterocycles. The van der Waals surface area contributed by atoms with E-state index in [4.69, 9.17) is 13.3 Å². The lowest BCUT2D eigenvalue weighted by atomic mass is 10.1. The van der Waals surface area contributed by atoms with Crippen molar-refractivity contribution >= 4 is 14.7 Å². The molecule has 0 spiro atoms. The van der Waals surface area contributed by atoms with Crippen LogP contribution in [0, 0.1) is 6.92 Å². The summed E-state index contributed by atoms with van der Waals surface area (Å²) in [6.45, 7) is 2.36. The average Bonchev–Trinajstić information content (AvgIpc) is 2.44. The van der Waals surface area contributed by atoms with Crippen molar-refractivity contribution in [2.45, 2.75) is 13.0 Å². The molecule has 0 unspecified atom stereocenters. The number of carbonyl (C=O) groups excluding carboxylic acids is 1. The summed E-state index contributed by atoms with van der Waals surface area (Å²) in [5, 5.41) is 2.85. The van der Waals surface area contributed by atoms with E-state index in [0.29, 0.717) is 18.2 Å². The maximum absolute atomic E-state index is 12.0. The lowest BCUT2D eigenvalue weighted by molar-refractivity contribution is 0.0948. The number of nitrogens with one attached hydrogen (secondary N) is 1. The molecule has 106 valence electrons. The summed E-state index contributed by atoms with van der Waals surface area (Å²) in [7, 11) is 2.06. The van der Waals surface area contributed by atoms with Gasteiger partial charge in [0.15, 0.2) is 0 Å². The van der Waals surface area contributed by atoms with Crippen LogP contribution in [0.15, 0.2) is 24.3 Å².